The molecule has 1 aromatic heterocycles. The zero-order chi connectivity index (χ0) is 15.7. The van der Waals surface area contributed by atoms with Crippen molar-refractivity contribution in [3.05, 3.63) is 29.6 Å². The third-order valence-corrected chi connectivity index (χ3v) is 4.54. The van der Waals surface area contributed by atoms with Gasteiger partial charge < -0.3 is 10.6 Å². The molecule has 2 N–H and O–H groups in total. The van der Waals surface area contributed by atoms with E-state index in [0.29, 0.717) is 23.4 Å². The van der Waals surface area contributed by atoms with Crippen LogP contribution in [0, 0.1) is 17.8 Å². The molecule has 2 heterocycles. The van der Waals surface area contributed by atoms with Crippen LogP contribution >= 0.6 is 0 Å². The smallest absolute Gasteiger partial charge is 0.272 e. The molecule has 1 aromatic rings. The van der Waals surface area contributed by atoms with Crippen molar-refractivity contribution in [2.24, 2.45) is 17.8 Å². The number of aromatic nitrogens is 2. The second-order valence-corrected chi connectivity index (χ2v) is 6.87. The fourth-order valence-corrected chi connectivity index (χ4v) is 3.49. The van der Waals surface area contributed by atoms with Crippen LogP contribution in [-0.2, 0) is 6.42 Å². The van der Waals surface area contributed by atoms with E-state index < -0.39 is 0 Å². The Morgan fingerprint density at radius 2 is 1.91 bits per heavy atom. The first-order valence-corrected chi connectivity index (χ1v) is 8.10. The van der Waals surface area contributed by atoms with Gasteiger partial charge in [-0.25, -0.2) is 9.97 Å². The lowest BCUT2D eigenvalue weighted by atomic mass is 9.86. The average molecular weight is 300 g/mol. The second kappa shape index (κ2) is 6.07. The van der Waals surface area contributed by atoms with E-state index in [-0.39, 0.29) is 11.9 Å². The molecule has 1 amide bonds. The van der Waals surface area contributed by atoms with E-state index in [1.807, 2.05) is 4.90 Å². The maximum absolute atomic E-state index is 12.7. The molecule has 5 heteroatoms. The number of fused-ring (bicyclic) bond motifs is 1. The van der Waals surface area contributed by atoms with Gasteiger partial charge >= 0.3 is 0 Å². The van der Waals surface area contributed by atoms with Crippen LogP contribution in [0.3, 0.4) is 0 Å². The minimum atomic E-state index is -0.00601. The van der Waals surface area contributed by atoms with Gasteiger partial charge in [0.2, 0.25) is 5.95 Å². The largest absolute Gasteiger partial charge is 0.368 e. The molecule has 0 bridgehead atoms. The normalized spacial score (nSPS) is 23.9. The van der Waals surface area contributed by atoms with E-state index in [9.17, 15) is 4.79 Å². The molecule has 1 saturated heterocycles. The Hall–Kier alpha value is -1.91. The fraction of sp³-hybridized carbons (Fsp3) is 0.588. The van der Waals surface area contributed by atoms with E-state index in [0.717, 1.165) is 38.0 Å². The predicted octanol–water partition coefficient (Wildman–Crippen LogP) is 2.30. The van der Waals surface area contributed by atoms with Gasteiger partial charge in [-0.05, 0) is 43.1 Å². The Morgan fingerprint density at radius 1 is 1.27 bits per heavy atom. The van der Waals surface area contributed by atoms with E-state index in [2.05, 4.69) is 36.0 Å². The van der Waals surface area contributed by atoms with Crippen molar-refractivity contribution in [3.8, 4) is 0 Å². The van der Waals surface area contributed by atoms with E-state index >= 15 is 0 Å². The lowest BCUT2D eigenvalue weighted by Crippen LogP contribution is -2.30. The summed E-state index contributed by atoms with van der Waals surface area (Å²) < 4.78 is 0. The number of hydrogen-bond acceptors (Lipinski definition) is 4. The van der Waals surface area contributed by atoms with Crippen molar-refractivity contribution in [2.75, 3.05) is 18.8 Å². The number of nitrogen functional groups attached to an aromatic ring is 1. The summed E-state index contributed by atoms with van der Waals surface area (Å²) in [6.07, 6.45) is 7.44. The van der Waals surface area contributed by atoms with Crippen molar-refractivity contribution in [3.63, 3.8) is 0 Å². The van der Waals surface area contributed by atoms with Gasteiger partial charge in [0.25, 0.3) is 5.91 Å². The van der Waals surface area contributed by atoms with E-state index in [1.54, 1.807) is 6.07 Å². The minimum Gasteiger partial charge on any atom is -0.368 e. The lowest BCUT2D eigenvalue weighted by molar-refractivity contribution is 0.0778. The van der Waals surface area contributed by atoms with Crippen LogP contribution in [0.25, 0.3) is 0 Å². The second-order valence-electron chi connectivity index (χ2n) is 6.87. The first-order valence-electron chi connectivity index (χ1n) is 8.10. The molecular weight excluding hydrogens is 276 g/mol. The number of rotatable bonds is 3. The van der Waals surface area contributed by atoms with Crippen molar-refractivity contribution >= 4 is 11.9 Å². The van der Waals surface area contributed by atoms with Crippen molar-refractivity contribution in [1.29, 1.82) is 0 Å². The number of amides is 1. The number of carbonyl (C=O) groups excluding carboxylic acids is 1. The summed E-state index contributed by atoms with van der Waals surface area (Å²) in [6, 6.07) is 1.80. The number of anilines is 1. The molecule has 1 aliphatic carbocycles. The van der Waals surface area contributed by atoms with Crippen LogP contribution in [0.2, 0.25) is 0 Å². The lowest BCUT2D eigenvalue weighted by Gasteiger charge is -2.17. The molecule has 0 aromatic carbocycles. The highest BCUT2D eigenvalue weighted by Crippen LogP contribution is 2.33. The van der Waals surface area contributed by atoms with Gasteiger partial charge in [0.1, 0.15) is 5.69 Å². The average Bonchev–Trinajstić information content (AvgIpc) is 2.88. The van der Waals surface area contributed by atoms with Crippen LogP contribution in [0.4, 0.5) is 5.95 Å². The molecule has 0 saturated carbocycles. The summed E-state index contributed by atoms with van der Waals surface area (Å²) in [5.41, 5.74) is 7.08. The van der Waals surface area contributed by atoms with Gasteiger partial charge in [-0.3, -0.25) is 4.79 Å². The fourth-order valence-electron chi connectivity index (χ4n) is 3.49. The number of likely N-dealkylation sites (tertiary alicyclic amines) is 1. The highest BCUT2D eigenvalue weighted by molar-refractivity contribution is 5.92. The Balaban J connectivity index is 1.76. The molecule has 5 nitrogen and oxygen atoms in total. The molecule has 1 fully saturated rings. The van der Waals surface area contributed by atoms with Crippen molar-refractivity contribution in [1.82, 2.24) is 14.9 Å². The van der Waals surface area contributed by atoms with Crippen molar-refractivity contribution < 1.29 is 4.79 Å². The number of nitrogens with zero attached hydrogens (tertiary/aromatic N) is 3. The zero-order valence-electron chi connectivity index (χ0n) is 13.3. The SMILES string of the molecule is CC(C)Cc1cc(C(=O)N2C[C@H]3CC=CC[C@H]3C2)nc(N)n1. The van der Waals surface area contributed by atoms with Crippen molar-refractivity contribution in [2.45, 2.75) is 33.1 Å². The first kappa shape index (κ1) is 15.0. The standard InChI is InChI=1S/C17H24N4O/c1-11(2)7-14-8-15(20-17(18)19-14)16(22)21-9-12-5-3-4-6-13(12)10-21/h3-4,8,11-13H,5-7,9-10H2,1-2H3,(H2,18,19,20)/t12-,13+. The Morgan fingerprint density at radius 3 is 2.50 bits per heavy atom. The molecular formula is C17H24N4O. The molecule has 0 radical (unpaired) electrons. The summed E-state index contributed by atoms with van der Waals surface area (Å²) >= 11 is 0. The number of carbonyl (C=O) groups is 1. The van der Waals surface area contributed by atoms with Gasteiger partial charge in [0, 0.05) is 18.8 Å². The zero-order valence-corrected chi connectivity index (χ0v) is 13.3. The van der Waals surface area contributed by atoms with Gasteiger partial charge in [0.15, 0.2) is 0 Å². The summed E-state index contributed by atoms with van der Waals surface area (Å²) in [6.45, 7) is 5.91. The maximum atomic E-state index is 12.7. The minimum absolute atomic E-state index is 0.00601. The van der Waals surface area contributed by atoms with Gasteiger partial charge in [0.05, 0.1) is 0 Å². The summed E-state index contributed by atoms with van der Waals surface area (Å²) in [5, 5.41) is 0. The molecule has 0 spiro atoms. The highest BCUT2D eigenvalue weighted by Gasteiger charge is 2.35. The molecule has 0 unspecified atom stereocenters. The number of nitrogens with two attached hydrogens (primary N) is 1. The Bertz CT molecular complexity index is 580. The highest BCUT2D eigenvalue weighted by atomic mass is 16.2. The third-order valence-electron chi connectivity index (χ3n) is 4.54. The molecule has 2 aliphatic rings. The van der Waals surface area contributed by atoms with Crippen LogP contribution in [0.15, 0.2) is 18.2 Å². The van der Waals surface area contributed by atoms with Gasteiger partial charge in [-0.15, -0.1) is 0 Å². The first-order chi connectivity index (χ1) is 10.5. The summed E-state index contributed by atoms with van der Waals surface area (Å²) in [4.78, 5) is 23.1. The molecule has 118 valence electrons. The topological polar surface area (TPSA) is 72.1 Å². The molecule has 1 aliphatic heterocycles. The third kappa shape index (κ3) is 3.13. The molecule has 22 heavy (non-hydrogen) atoms. The Kier molecular flexibility index (Phi) is 4.14. The van der Waals surface area contributed by atoms with Crippen LogP contribution < -0.4 is 5.73 Å². The summed E-state index contributed by atoms with van der Waals surface area (Å²) in [7, 11) is 0. The van der Waals surface area contributed by atoms with Crippen LogP contribution in [0.5, 0.6) is 0 Å². The van der Waals surface area contributed by atoms with E-state index in [1.165, 1.54) is 0 Å². The maximum Gasteiger partial charge on any atom is 0.272 e. The van der Waals surface area contributed by atoms with Crippen LogP contribution in [-0.4, -0.2) is 33.9 Å². The quantitative estimate of drug-likeness (QED) is 0.869. The van der Waals surface area contributed by atoms with Gasteiger partial charge in [-0.1, -0.05) is 26.0 Å². The van der Waals surface area contributed by atoms with E-state index in [4.69, 9.17) is 5.73 Å². The Labute approximate surface area is 131 Å². The van der Waals surface area contributed by atoms with Crippen LogP contribution in [0.1, 0.15) is 42.9 Å². The number of allylic oxidation sites excluding steroid dienone is 2. The predicted molar refractivity (Wildman–Crippen MR) is 86.2 cm³/mol. The monoisotopic (exact) mass is 300 g/mol. The molecule has 2 atom stereocenters. The number of hydrogen-bond donors (Lipinski definition) is 1. The van der Waals surface area contributed by atoms with Gasteiger partial charge in [-0.2, -0.15) is 0 Å². The summed E-state index contributed by atoms with van der Waals surface area (Å²) in [5.74, 6) is 1.86. The molecule has 3 rings (SSSR count).